The average molecular weight is 388 g/mol. The predicted molar refractivity (Wildman–Crippen MR) is 112 cm³/mol. The second-order valence-electron chi connectivity index (χ2n) is 7.65. The minimum absolute atomic E-state index is 0. The van der Waals surface area contributed by atoms with E-state index in [9.17, 15) is 0 Å². The highest BCUT2D eigenvalue weighted by molar-refractivity contribution is 5.85. The zero-order chi connectivity index (χ0) is 17.9. The second-order valence-corrected chi connectivity index (χ2v) is 7.65. The summed E-state index contributed by atoms with van der Waals surface area (Å²) in [6.07, 6.45) is 3.59. The van der Waals surface area contributed by atoms with Crippen molar-refractivity contribution in [1.29, 1.82) is 0 Å². The lowest BCUT2D eigenvalue weighted by atomic mass is 9.78. The normalized spacial score (nSPS) is 25.8. The highest BCUT2D eigenvalue weighted by atomic mass is 35.5. The molecule has 0 amide bonds. The topological polar surface area (TPSA) is 30.5 Å². The Morgan fingerprint density at radius 1 is 1.11 bits per heavy atom. The van der Waals surface area contributed by atoms with Crippen LogP contribution in [0.5, 0.6) is 5.75 Å². The fraction of sp³-hybridized carbons (Fsp3) is 0.478. The van der Waals surface area contributed by atoms with Crippen molar-refractivity contribution in [3.05, 3.63) is 65.2 Å². The summed E-state index contributed by atoms with van der Waals surface area (Å²) in [6, 6.07) is 17.9. The molecule has 4 rings (SSSR count). The highest BCUT2D eigenvalue weighted by Crippen LogP contribution is 2.38. The first-order valence-electron chi connectivity index (χ1n) is 9.83. The van der Waals surface area contributed by atoms with Gasteiger partial charge in [0.25, 0.3) is 0 Å². The number of rotatable bonds is 4. The van der Waals surface area contributed by atoms with Gasteiger partial charge in [0.2, 0.25) is 0 Å². The molecule has 1 fully saturated rings. The van der Waals surface area contributed by atoms with E-state index in [1.54, 1.807) is 7.11 Å². The summed E-state index contributed by atoms with van der Waals surface area (Å²) in [4.78, 5) is 0. The molecule has 1 N–H and O–H groups in total. The zero-order valence-electron chi connectivity index (χ0n) is 16.2. The van der Waals surface area contributed by atoms with Crippen molar-refractivity contribution < 1.29 is 9.47 Å². The number of halogens is 1. The van der Waals surface area contributed by atoms with Gasteiger partial charge in [-0.25, -0.2) is 0 Å². The summed E-state index contributed by atoms with van der Waals surface area (Å²) >= 11 is 0. The van der Waals surface area contributed by atoms with Gasteiger partial charge in [-0.3, -0.25) is 0 Å². The molecule has 2 aliphatic heterocycles. The van der Waals surface area contributed by atoms with E-state index in [1.807, 2.05) is 0 Å². The van der Waals surface area contributed by atoms with E-state index in [0.717, 1.165) is 31.7 Å². The molecule has 2 aliphatic rings. The molecule has 4 heteroatoms. The van der Waals surface area contributed by atoms with Crippen molar-refractivity contribution >= 4 is 12.4 Å². The van der Waals surface area contributed by atoms with Gasteiger partial charge >= 0.3 is 0 Å². The number of methoxy groups -OCH3 is 1. The molecule has 0 radical (unpaired) electrons. The summed E-state index contributed by atoms with van der Waals surface area (Å²) in [5.74, 6) is 1.99. The van der Waals surface area contributed by atoms with Gasteiger partial charge in [-0.15, -0.1) is 12.4 Å². The first-order chi connectivity index (χ1) is 12.8. The van der Waals surface area contributed by atoms with Crippen molar-refractivity contribution in [3.8, 4) is 5.75 Å². The molecule has 2 heterocycles. The van der Waals surface area contributed by atoms with Crippen LogP contribution in [0.25, 0.3) is 0 Å². The van der Waals surface area contributed by atoms with Crippen molar-refractivity contribution in [2.45, 2.75) is 44.2 Å². The van der Waals surface area contributed by atoms with Crippen molar-refractivity contribution in [3.63, 3.8) is 0 Å². The molecule has 0 spiro atoms. The van der Waals surface area contributed by atoms with Gasteiger partial charge in [-0.05, 0) is 60.5 Å². The fourth-order valence-electron chi connectivity index (χ4n) is 4.60. The largest absolute Gasteiger partial charge is 0.497 e. The molecule has 0 aliphatic carbocycles. The summed E-state index contributed by atoms with van der Waals surface area (Å²) in [7, 11) is 1.72. The van der Waals surface area contributed by atoms with Crippen LogP contribution in [0.4, 0.5) is 0 Å². The zero-order valence-corrected chi connectivity index (χ0v) is 17.0. The number of benzene rings is 2. The molecule has 2 aromatic rings. The van der Waals surface area contributed by atoms with Crippen molar-refractivity contribution in [1.82, 2.24) is 5.32 Å². The molecule has 27 heavy (non-hydrogen) atoms. The molecular weight excluding hydrogens is 358 g/mol. The maximum atomic E-state index is 6.23. The maximum absolute atomic E-state index is 6.23. The van der Waals surface area contributed by atoms with Crippen molar-refractivity contribution in [2.24, 2.45) is 5.92 Å². The van der Waals surface area contributed by atoms with Crippen LogP contribution in [-0.2, 0) is 11.2 Å². The van der Waals surface area contributed by atoms with Crippen LogP contribution in [-0.4, -0.2) is 26.3 Å². The molecule has 0 bridgehead atoms. The summed E-state index contributed by atoms with van der Waals surface area (Å²) in [5, 5.41) is 3.76. The summed E-state index contributed by atoms with van der Waals surface area (Å²) < 4.78 is 11.5. The first kappa shape index (κ1) is 20.2. The number of fused-ring (bicyclic) bond motifs is 1. The lowest BCUT2D eigenvalue weighted by Gasteiger charge is -2.39. The number of piperidine rings is 1. The Morgan fingerprint density at radius 2 is 1.89 bits per heavy atom. The molecule has 2 aromatic carbocycles. The van der Waals surface area contributed by atoms with E-state index in [2.05, 4.69) is 60.8 Å². The molecule has 146 valence electrons. The Morgan fingerprint density at radius 3 is 2.67 bits per heavy atom. The van der Waals surface area contributed by atoms with Crippen LogP contribution < -0.4 is 10.1 Å². The number of ether oxygens (including phenoxy) is 2. The van der Waals surface area contributed by atoms with E-state index in [4.69, 9.17) is 9.47 Å². The van der Waals surface area contributed by atoms with Gasteiger partial charge in [-0.1, -0.05) is 43.3 Å². The van der Waals surface area contributed by atoms with Crippen LogP contribution in [0.15, 0.2) is 48.5 Å². The molecule has 1 saturated heterocycles. The molecule has 3 nitrogen and oxygen atoms in total. The van der Waals surface area contributed by atoms with Crippen LogP contribution in [0.2, 0.25) is 0 Å². The van der Waals surface area contributed by atoms with Gasteiger partial charge in [-0.2, -0.15) is 0 Å². The molecule has 4 atom stereocenters. The van der Waals surface area contributed by atoms with Gasteiger partial charge in [0.15, 0.2) is 0 Å². The van der Waals surface area contributed by atoms with Crippen LogP contribution in [0.3, 0.4) is 0 Å². The molecular formula is C23H30ClNO2. The lowest BCUT2D eigenvalue weighted by molar-refractivity contribution is -0.00893. The lowest BCUT2D eigenvalue weighted by Crippen LogP contribution is -2.44. The third-order valence-corrected chi connectivity index (χ3v) is 6.17. The van der Waals surface area contributed by atoms with Gasteiger partial charge in [0.05, 0.1) is 19.8 Å². The third-order valence-electron chi connectivity index (χ3n) is 6.17. The Bertz CT molecular complexity index is 733. The molecule has 0 aromatic heterocycles. The van der Waals surface area contributed by atoms with Crippen LogP contribution in [0, 0.1) is 5.92 Å². The van der Waals surface area contributed by atoms with Crippen molar-refractivity contribution in [2.75, 3.05) is 20.3 Å². The SMILES string of the molecule is COc1ccc(C2CCNC(C(C)C3OCCc4ccccc43)C2)cc1.Cl. The average Bonchev–Trinajstić information content (AvgIpc) is 2.73. The number of hydrogen-bond acceptors (Lipinski definition) is 3. The van der Waals surface area contributed by atoms with Gasteiger partial charge in [0, 0.05) is 12.0 Å². The van der Waals surface area contributed by atoms with E-state index in [0.29, 0.717) is 17.9 Å². The number of hydrogen-bond donors (Lipinski definition) is 1. The summed E-state index contributed by atoms with van der Waals surface area (Å²) in [5.41, 5.74) is 4.27. The Balaban J connectivity index is 0.00000210. The van der Waals surface area contributed by atoms with E-state index in [1.165, 1.54) is 23.1 Å². The quantitative estimate of drug-likeness (QED) is 0.809. The number of nitrogens with one attached hydrogen (secondary N) is 1. The minimum atomic E-state index is 0. The Hall–Kier alpha value is -1.55. The fourth-order valence-corrected chi connectivity index (χ4v) is 4.60. The van der Waals surface area contributed by atoms with Crippen LogP contribution >= 0.6 is 12.4 Å². The second kappa shape index (κ2) is 9.09. The summed E-state index contributed by atoms with van der Waals surface area (Å²) in [6.45, 7) is 4.25. The standard InChI is InChI=1S/C23H29NO2.ClH/c1-16(23-21-6-4-3-5-18(21)12-14-26-23)22-15-19(11-13-24-22)17-7-9-20(25-2)10-8-17;/h3-10,16,19,22-24H,11-15H2,1-2H3;1H. The minimum Gasteiger partial charge on any atom is -0.497 e. The monoisotopic (exact) mass is 387 g/mol. The van der Waals surface area contributed by atoms with Gasteiger partial charge < -0.3 is 14.8 Å². The molecule has 0 saturated carbocycles. The van der Waals surface area contributed by atoms with Crippen LogP contribution in [0.1, 0.15) is 48.5 Å². The first-order valence-corrected chi connectivity index (χ1v) is 9.83. The molecule has 4 unspecified atom stereocenters. The highest BCUT2D eigenvalue weighted by Gasteiger charge is 2.34. The predicted octanol–water partition coefficient (Wildman–Crippen LogP) is 4.90. The van der Waals surface area contributed by atoms with E-state index >= 15 is 0 Å². The smallest absolute Gasteiger partial charge is 0.118 e. The van der Waals surface area contributed by atoms with Gasteiger partial charge in [0.1, 0.15) is 5.75 Å². The van der Waals surface area contributed by atoms with E-state index < -0.39 is 0 Å². The Kier molecular flexibility index (Phi) is 6.80. The maximum Gasteiger partial charge on any atom is 0.118 e. The third kappa shape index (κ3) is 4.31. The Labute approximate surface area is 168 Å². The van der Waals surface area contributed by atoms with E-state index in [-0.39, 0.29) is 18.5 Å².